The molecule has 0 spiro atoms. The predicted molar refractivity (Wildman–Crippen MR) is 74.1 cm³/mol. The molecule has 0 aromatic heterocycles. The van der Waals surface area contributed by atoms with E-state index >= 15 is 0 Å². The zero-order chi connectivity index (χ0) is 14.3. The second-order valence-electron chi connectivity index (χ2n) is 3.59. The molecule has 0 unspecified atom stereocenters. The number of carbonyl (C=O) groups excluding carboxylic acids is 2. The number of thiol groups is 2. The van der Waals surface area contributed by atoms with Gasteiger partial charge in [-0.15, -0.1) is 0 Å². The topological polar surface area (TPSA) is 86.7 Å². The van der Waals surface area contributed by atoms with Crippen molar-refractivity contribution < 1.29 is 19.5 Å². The lowest BCUT2D eigenvalue weighted by molar-refractivity contribution is -0.143. The Bertz CT molecular complexity index is 325. The third-order valence-corrected chi connectivity index (χ3v) is 3.11. The van der Waals surface area contributed by atoms with E-state index in [0.29, 0.717) is 6.54 Å². The third kappa shape index (κ3) is 4.77. The van der Waals surface area contributed by atoms with Crippen molar-refractivity contribution in [1.29, 1.82) is 0 Å². The van der Waals surface area contributed by atoms with Crippen LogP contribution in [0.3, 0.4) is 0 Å². The van der Waals surface area contributed by atoms with Gasteiger partial charge in [0.25, 0.3) is 0 Å². The zero-order valence-corrected chi connectivity index (χ0v) is 12.1. The number of amides is 2. The molecular formula is C10H18N2O4S2. The fraction of sp³-hybridized carbons (Fsp3) is 0.700. The van der Waals surface area contributed by atoms with Crippen LogP contribution in [-0.2, 0) is 14.4 Å². The lowest BCUT2D eigenvalue weighted by atomic mass is 10.2. The Morgan fingerprint density at radius 2 is 1.83 bits per heavy atom. The predicted octanol–water partition coefficient (Wildman–Crippen LogP) is -0.348. The fourth-order valence-corrected chi connectivity index (χ4v) is 2.05. The SMILES string of the molecule is CCN(C(C)=O)[C@@H](CS)C(=O)N[C@H](CS)C(=O)O. The smallest absolute Gasteiger partial charge is 0.327 e. The van der Waals surface area contributed by atoms with Crippen LogP contribution in [0.25, 0.3) is 0 Å². The number of likely N-dealkylation sites (N-methyl/N-ethyl adjacent to an activating group) is 1. The van der Waals surface area contributed by atoms with Crippen LogP contribution >= 0.6 is 25.3 Å². The molecule has 104 valence electrons. The Morgan fingerprint density at radius 3 is 2.11 bits per heavy atom. The molecule has 0 aromatic carbocycles. The summed E-state index contributed by atoms with van der Waals surface area (Å²) < 4.78 is 0. The molecule has 6 nitrogen and oxygen atoms in total. The second kappa shape index (κ2) is 8.25. The number of rotatable bonds is 7. The first-order valence-electron chi connectivity index (χ1n) is 5.41. The number of carboxylic acid groups (broad SMARTS) is 1. The van der Waals surface area contributed by atoms with Crippen LogP contribution in [-0.4, -0.2) is 57.9 Å². The van der Waals surface area contributed by atoms with Gasteiger partial charge in [0, 0.05) is 25.0 Å². The maximum atomic E-state index is 11.9. The van der Waals surface area contributed by atoms with Gasteiger partial charge in [0.15, 0.2) is 0 Å². The van der Waals surface area contributed by atoms with Gasteiger partial charge < -0.3 is 15.3 Å². The highest BCUT2D eigenvalue weighted by Crippen LogP contribution is 2.04. The van der Waals surface area contributed by atoms with E-state index in [-0.39, 0.29) is 17.4 Å². The van der Waals surface area contributed by atoms with Crippen molar-refractivity contribution in [3.63, 3.8) is 0 Å². The summed E-state index contributed by atoms with van der Waals surface area (Å²) in [5.41, 5.74) is 0. The highest BCUT2D eigenvalue weighted by molar-refractivity contribution is 7.80. The van der Waals surface area contributed by atoms with Crippen molar-refractivity contribution >= 4 is 43.0 Å². The Hall–Kier alpha value is -0.890. The van der Waals surface area contributed by atoms with Crippen molar-refractivity contribution in [2.45, 2.75) is 25.9 Å². The summed E-state index contributed by atoms with van der Waals surface area (Å²) in [6, 6.07) is -1.86. The molecule has 0 aliphatic heterocycles. The van der Waals surface area contributed by atoms with Crippen LogP contribution in [0, 0.1) is 0 Å². The van der Waals surface area contributed by atoms with Crippen LogP contribution in [0.5, 0.6) is 0 Å². The fourth-order valence-electron chi connectivity index (χ4n) is 1.44. The van der Waals surface area contributed by atoms with Crippen LogP contribution in [0.15, 0.2) is 0 Å². The molecule has 2 N–H and O–H groups in total. The van der Waals surface area contributed by atoms with Gasteiger partial charge in [-0.2, -0.15) is 25.3 Å². The van der Waals surface area contributed by atoms with Crippen LogP contribution in [0.2, 0.25) is 0 Å². The lowest BCUT2D eigenvalue weighted by Crippen LogP contribution is -2.54. The molecule has 0 rings (SSSR count). The molecule has 0 fully saturated rings. The van der Waals surface area contributed by atoms with E-state index in [0.717, 1.165) is 0 Å². The van der Waals surface area contributed by atoms with Gasteiger partial charge in [0.05, 0.1) is 0 Å². The van der Waals surface area contributed by atoms with E-state index in [1.54, 1.807) is 6.92 Å². The molecule has 18 heavy (non-hydrogen) atoms. The van der Waals surface area contributed by atoms with Gasteiger partial charge >= 0.3 is 5.97 Å². The van der Waals surface area contributed by atoms with Gasteiger partial charge in [-0.3, -0.25) is 9.59 Å². The Balaban J connectivity index is 4.80. The molecule has 2 amide bonds. The summed E-state index contributed by atoms with van der Waals surface area (Å²) in [4.78, 5) is 35.4. The summed E-state index contributed by atoms with van der Waals surface area (Å²) in [7, 11) is 0. The van der Waals surface area contributed by atoms with E-state index in [9.17, 15) is 14.4 Å². The quantitative estimate of drug-likeness (QED) is 0.484. The summed E-state index contributed by atoms with van der Waals surface area (Å²) in [6.07, 6.45) is 0. The first-order chi connectivity index (χ1) is 8.38. The number of nitrogens with zero attached hydrogens (tertiary/aromatic N) is 1. The van der Waals surface area contributed by atoms with Crippen molar-refractivity contribution in [1.82, 2.24) is 10.2 Å². The number of carboxylic acids is 1. The van der Waals surface area contributed by atoms with Crippen LogP contribution < -0.4 is 5.32 Å². The monoisotopic (exact) mass is 294 g/mol. The third-order valence-electron chi connectivity index (χ3n) is 2.39. The van der Waals surface area contributed by atoms with Crippen LogP contribution in [0.1, 0.15) is 13.8 Å². The van der Waals surface area contributed by atoms with E-state index in [1.165, 1.54) is 11.8 Å². The van der Waals surface area contributed by atoms with Crippen molar-refractivity contribution in [3.05, 3.63) is 0 Å². The lowest BCUT2D eigenvalue weighted by Gasteiger charge is -2.28. The Morgan fingerprint density at radius 1 is 1.28 bits per heavy atom. The molecule has 0 saturated carbocycles. The largest absolute Gasteiger partial charge is 0.480 e. The summed E-state index contributed by atoms with van der Waals surface area (Å²) in [5, 5.41) is 11.1. The second-order valence-corrected chi connectivity index (χ2v) is 4.32. The van der Waals surface area contributed by atoms with Crippen molar-refractivity contribution in [3.8, 4) is 0 Å². The average molecular weight is 294 g/mol. The number of nitrogens with one attached hydrogen (secondary N) is 1. The minimum atomic E-state index is -1.16. The van der Waals surface area contributed by atoms with E-state index < -0.39 is 24.0 Å². The summed E-state index contributed by atoms with van der Waals surface area (Å²) in [6.45, 7) is 3.44. The van der Waals surface area contributed by atoms with E-state index in [2.05, 4.69) is 30.6 Å². The molecule has 0 bridgehead atoms. The Labute approximate surface area is 117 Å². The molecule has 0 aromatic rings. The maximum Gasteiger partial charge on any atom is 0.327 e. The van der Waals surface area contributed by atoms with Crippen molar-refractivity contribution in [2.24, 2.45) is 0 Å². The van der Waals surface area contributed by atoms with Gasteiger partial charge in [0.1, 0.15) is 12.1 Å². The summed E-state index contributed by atoms with van der Waals surface area (Å²) >= 11 is 7.87. The molecule has 0 aliphatic carbocycles. The number of carbonyl (C=O) groups is 3. The maximum absolute atomic E-state index is 11.9. The first-order valence-corrected chi connectivity index (χ1v) is 6.67. The van der Waals surface area contributed by atoms with Gasteiger partial charge in [0.2, 0.25) is 11.8 Å². The minimum Gasteiger partial charge on any atom is -0.480 e. The van der Waals surface area contributed by atoms with Gasteiger partial charge in [-0.1, -0.05) is 0 Å². The molecule has 2 atom stereocenters. The average Bonchev–Trinajstić information content (AvgIpc) is 2.31. The first kappa shape index (κ1) is 17.1. The molecule has 0 heterocycles. The number of aliphatic carboxylic acids is 1. The number of hydrogen-bond donors (Lipinski definition) is 4. The molecular weight excluding hydrogens is 276 g/mol. The van der Waals surface area contributed by atoms with Gasteiger partial charge in [-0.25, -0.2) is 4.79 Å². The Kier molecular flexibility index (Phi) is 7.85. The summed E-state index contributed by atoms with van der Waals surface area (Å²) in [5.74, 6) is -1.86. The van der Waals surface area contributed by atoms with Crippen molar-refractivity contribution in [2.75, 3.05) is 18.1 Å². The highest BCUT2D eigenvalue weighted by atomic mass is 32.1. The normalized spacial score (nSPS) is 13.6. The zero-order valence-electron chi connectivity index (χ0n) is 10.3. The molecule has 0 radical (unpaired) electrons. The standard InChI is InChI=1S/C10H18N2O4S2/c1-3-12(6(2)13)8(5-18)9(14)11-7(4-17)10(15)16/h7-8,17-18H,3-5H2,1-2H3,(H,11,14)(H,15,16)/t7-,8+/m1/s1. The van der Waals surface area contributed by atoms with E-state index in [1.807, 2.05) is 0 Å². The number of hydrogen-bond acceptors (Lipinski definition) is 5. The van der Waals surface area contributed by atoms with Gasteiger partial charge in [-0.05, 0) is 6.92 Å². The highest BCUT2D eigenvalue weighted by Gasteiger charge is 2.28. The molecule has 8 heteroatoms. The molecule has 0 aliphatic rings. The minimum absolute atomic E-state index is 0.0213. The van der Waals surface area contributed by atoms with E-state index in [4.69, 9.17) is 5.11 Å². The molecule has 0 saturated heterocycles. The van der Waals surface area contributed by atoms with Crippen LogP contribution in [0.4, 0.5) is 0 Å².